The van der Waals surface area contributed by atoms with Crippen molar-refractivity contribution in [3.63, 3.8) is 0 Å². The summed E-state index contributed by atoms with van der Waals surface area (Å²) in [6.07, 6.45) is 0. The molecule has 42 valence electrons. The number of rotatable bonds is 2. The highest BCUT2D eigenvalue weighted by molar-refractivity contribution is 5.20. The van der Waals surface area contributed by atoms with Crippen LogP contribution in [-0.2, 0) is 4.84 Å². The summed E-state index contributed by atoms with van der Waals surface area (Å²) >= 11 is 0. The molecule has 0 fully saturated rings. The van der Waals surface area contributed by atoms with Crippen LogP contribution >= 0.6 is 0 Å². The third-order valence-electron chi connectivity index (χ3n) is 0.471. The van der Waals surface area contributed by atoms with Gasteiger partial charge in [-0.2, -0.15) is 0 Å². The third kappa shape index (κ3) is 2.24. The van der Waals surface area contributed by atoms with Gasteiger partial charge in [0.25, 0.3) is 0 Å². The Bertz CT molecular complexity index is 71.3. The van der Waals surface area contributed by atoms with E-state index in [1.165, 1.54) is 7.11 Å². The van der Waals surface area contributed by atoms with Gasteiger partial charge in [-0.25, -0.2) is 0 Å². The normalized spacial score (nSPS) is 18.1. The van der Waals surface area contributed by atoms with E-state index in [0.29, 0.717) is 0 Å². The first-order valence-electron chi connectivity index (χ1n) is 1.57. The van der Waals surface area contributed by atoms with Gasteiger partial charge in [-0.05, 0) is 5.10 Å². The van der Waals surface area contributed by atoms with Crippen molar-refractivity contribution in [2.24, 2.45) is 10.9 Å². The van der Waals surface area contributed by atoms with Gasteiger partial charge in [0, 0.05) is 0 Å². The Kier molecular flexibility index (Phi) is 1.85. The van der Waals surface area contributed by atoms with Crippen molar-refractivity contribution in [2.75, 3.05) is 7.11 Å². The van der Waals surface area contributed by atoms with Crippen molar-refractivity contribution in [1.82, 2.24) is 0 Å². The molecular formula is C2H8N3O2+. The van der Waals surface area contributed by atoms with E-state index in [0.717, 1.165) is 0 Å². The predicted molar refractivity (Wildman–Crippen MR) is 22.8 cm³/mol. The maximum absolute atomic E-state index is 8.40. The van der Waals surface area contributed by atoms with E-state index in [2.05, 4.69) is 16.7 Å². The minimum Gasteiger partial charge on any atom is -0.131 e. The molecular weight excluding hydrogens is 98.0 g/mol. The first kappa shape index (κ1) is 6.51. The van der Waals surface area contributed by atoms with E-state index in [1.807, 2.05) is 0 Å². The van der Waals surface area contributed by atoms with Crippen LogP contribution in [0.25, 0.3) is 0 Å². The average molecular weight is 106 g/mol. The minimum atomic E-state index is -1.35. The molecule has 0 aromatic heterocycles. The van der Waals surface area contributed by atoms with E-state index in [4.69, 9.17) is 11.0 Å². The second-order valence-electron chi connectivity index (χ2n) is 0.913. The van der Waals surface area contributed by atoms with Crippen molar-refractivity contribution in [2.45, 2.75) is 0 Å². The Hall–Kier alpha value is -0.490. The summed E-state index contributed by atoms with van der Waals surface area (Å²) < 4.78 is 0. The van der Waals surface area contributed by atoms with Gasteiger partial charge in [0.1, 0.15) is 12.1 Å². The molecule has 7 heavy (non-hydrogen) atoms. The topological polar surface area (TPSA) is 67.8 Å². The number of hydrogen-bond acceptors (Lipinski definition) is 4. The number of nitrogens with zero attached hydrogens (tertiary/aromatic N) is 2. The van der Waals surface area contributed by atoms with Crippen LogP contribution < -0.4 is 5.84 Å². The lowest BCUT2D eigenvalue weighted by molar-refractivity contribution is -1.26. The van der Waals surface area contributed by atoms with Gasteiger partial charge in [-0.15, -0.1) is 10.0 Å². The molecule has 0 radical (unpaired) electrons. The highest BCUT2D eigenvalue weighted by Gasteiger charge is 2.14. The standard InChI is InChI=1S/C2H8N3O2/c1-4-5(3,6)7-2/h6H,1,3H2,2H3/q+1. The Morgan fingerprint density at radius 1 is 2.00 bits per heavy atom. The summed E-state index contributed by atoms with van der Waals surface area (Å²) in [7, 11) is 1.20. The fraction of sp³-hybridized carbons (Fsp3) is 0.500. The molecule has 0 spiro atoms. The molecule has 0 aliphatic heterocycles. The van der Waals surface area contributed by atoms with Crippen LogP contribution in [-0.4, -0.2) is 24.1 Å². The lowest BCUT2D eigenvalue weighted by atomic mass is 11.7. The van der Waals surface area contributed by atoms with Crippen molar-refractivity contribution in [1.29, 1.82) is 0 Å². The summed E-state index contributed by atoms with van der Waals surface area (Å²) in [6.45, 7) is 2.93. The highest BCUT2D eigenvalue weighted by Crippen LogP contribution is 1.86. The lowest BCUT2D eigenvalue weighted by Crippen LogP contribution is -2.44. The van der Waals surface area contributed by atoms with E-state index in [-0.39, 0.29) is 0 Å². The number of quaternary nitrogens is 1. The van der Waals surface area contributed by atoms with Crippen molar-refractivity contribution in [3.8, 4) is 0 Å². The smallest absolute Gasteiger partial charge is 0.131 e. The zero-order valence-corrected chi connectivity index (χ0v) is 4.03. The number of hydrogen-bond donors (Lipinski definition) is 2. The van der Waals surface area contributed by atoms with E-state index in [9.17, 15) is 0 Å². The van der Waals surface area contributed by atoms with Gasteiger partial charge in [0.05, 0.1) is 6.72 Å². The van der Waals surface area contributed by atoms with Crippen LogP contribution in [0.4, 0.5) is 0 Å². The van der Waals surface area contributed by atoms with Gasteiger partial charge >= 0.3 is 0 Å². The van der Waals surface area contributed by atoms with Gasteiger partial charge in [0.15, 0.2) is 0 Å². The fourth-order valence-electron chi connectivity index (χ4n) is 0.0577. The minimum absolute atomic E-state index is 1.20. The largest absolute Gasteiger partial charge is 0.149 e. The molecule has 0 saturated carbocycles. The van der Waals surface area contributed by atoms with Gasteiger partial charge < -0.3 is 0 Å². The Balaban J connectivity index is 3.58. The van der Waals surface area contributed by atoms with E-state index < -0.39 is 5.03 Å². The second-order valence-corrected chi connectivity index (χ2v) is 0.913. The summed E-state index contributed by atoms with van der Waals surface area (Å²) in [5.41, 5.74) is 0. The Labute approximate surface area is 41.1 Å². The summed E-state index contributed by atoms with van der Waals surface area (Å²) in [5.74, 6) is 4.76. The molecule has 0 rings (SSSR count). The van der Waals surface area contributed by atoms with Crippen molar-refractivity contribution in [3.05, 3.63) is 0 Å². The lowest BCUT2D eigenvalue weighted by Gasteiger charge is -2.08. The molecule has 0 amide bonds. The highest BCUT2D eigenvalue weighted by atomic mass is 17.0. The molecule has 0 aromatic rings. The van der Waals surface area contributed by atoms with Crippen LogP contribution in [0.1, 0.15) is 0 Å². The first-order valence-corrected chi connectivity index (χ1v) is 1.57. The zero-order valence-electron chi connectivity index (χ0n) is 4.03. The molecule has 1 atom stereocenters. The molecule has 1 unspecified atom stereocenters. The molecule has 0 aromatic carbocycles. The maximum atomic E-state index is 8.40. The molecule has 5 heteroatoms. The zero-order chi connectivity index (χ0) is 5.91. The molecule has 0 saturated heterocycles. The average Bonchev–Trinajstić information content (AvgIpc) is 1.68. The summed E-state index contributed by atoms with van der Waals surface area (Å²) in [5, 5.41) is 9.99. The molecule has 5 nitrogen and oxygen atoms in total. The second kappa shape index (κ2) is 1.99. The molecule has 0 bridgehead atoms. The van der Waals surface area contributed by atoms with Crippen LogP contribution in [0.5, 0.6) is 0 Å². The summed E-state index contributed by atoms with van der Waals surface area (Å²) in [6, 6.07) is 0. The van der Waals surface area contributed by atoms with Crippen molar-refractivity contribution < 1.29 is 15.1 Å². The summed E-state index contributed by atoms with van der Waals surface area (Å²) in [4.78, 5) is 4.13. The monoisotopic (exact) mass is 106 g/mol. The molecule has 3 N–H and O–H groups in total. The van der Waals surface area contributed by atoms with Crippen LogP contribution in [0.15, 0.2) is 5.10 Å². The van der Waals surface area contributed by atoms with Crippen LogP contribution in [0.3, 0.4) is 0 Å². The third-order valence-corrected chi connectivity index (χ3v) is 0.471. The van der Waals surface area contributed by atoms with Gasteiger partial charge in [-0.3, -0.25) is 0 Å². The van der Waals surface area contributed by atoms with Gasteiger partial charge in [0.2, 0.25) is 0 Å². The van der Waals surface area contributed by atoms with E-state index >= 15 is 0 Å². The van der Waals surface area contributed by atoms with E-state index in [1.54, 1.807) is 0 Å². The SMILES string of the molecule is C=N[N+](N)(O)OC. The molecule has 0 heterocycles. The van der Waals surface area contributed by atoms with Crippen molar-refractivity contribution >= 4 is 6.72 Å². The first-order chi connectivity index (χ1) is 3.12. The molecule has 0 aliphatic rings. The van der Waals surface area contributed by atoms with Crippen LogP contribution in [0, 0.1) is 0 Å². The maximum Gasteiger partial charge on any atom is 0.149 e. The molecule has 0 aliphatic carbocycles. The van der Waals surface area contributed by atoms with Gasteiger partial charge in [-0.1, -0.05) is 5.84 Å². The fourth-order valence-corrected chi connectivity index (χ4v) is 0.0577. The predicted octanol–water partition coefficient (Wildman–Crippen LogP) is -0.757. The van der Waals surface area contributed by atoms with Crippen LogP contribution in [0.2, 0.25) is 0 Å². The quantitative estimate of drug-likeness (QED) is 0.210. The Morgan fingerprint density at radius 2 is 2.43 bits per heavy atom. The number of nitrogens with two attached hydrogens (primary N) is 1. The Morgan fingerprint density at radius 3 is 2.43 bits per heavy atom.